The minimum atomic E-state index is -0.926. The highest BCUT2D eigenvalue weighted by Gasteiger charge is 2.25. The van der Waals surface area contributed by atoms with Crippen LogP contribution >= 0.6 is 11.3 Å². The zero-order valence-electron chi connectivity index (χ0n) is 15.8. The monoisotopic (exact) mass is 410 g/mol. The van der Waals surface area contributed by atoms with E-state index in [4.69, 9.17) is 0 Å². The summed E-state index contributed by atoms with van der Waals surface area (Å²) < 4.78 is 17.1. The van der Waals surface area contributed by atoms with Gasteiger partial charge in [0.1, 0.15) is 6.17 Å². The number of rotatable bonds is 3. The van der Waals surface area contributed by atoms with Crippen LogP contribution < -0.4 is 0 Å². The summed E-state index contributed by atoms with van der Waals surface area (Å²) in [5.74, 6) is -0.105. The summed E-state index contributed by atoms with van der Waals surface area (Å²) >= 11 is 1.37. The quantitative estimate of drug-likeness (QED) is 0.519. The van der Waals surface area contributed by atoms with Crippen molar-refractivity contribution in [2.45, 2.75) is 19.0 Å². The maximum absolute atomic E-state index is 13.7. The summed E-state index contributed by atoms with van der Waals surface area (Å²) in [5, 5.41) is 10.5. The molecule has 1 saturated heterocycles. The molecule has 7 nitrogen and oxygen atoms in total. The lowest BCUT2D eigenvalue weighted by Crippen LogP contribution is -2.40. The Balaban J connectivity index is 1.43. The van der Waals surface area contributed by atoms with Crippen molar-refractivity contribution in [2.75, 3.05) is 13.1 Å². The molecule has 1 atom stereocenters. The van der Waals surface area contributed by atoms with Crippen LogP contribution in [-0.2, 0) is 7.05 Å². The molecule has 0 spiro atoms. The van der Waals surface area contributed by atoms with Crippen molar-refractivity contribution in [1.29, 1.82) is 0 Å². The average molecular weight is 410 g/mol. The van der Waals surface area contributed by atoms with Crippen LogP contribution in [0.5, 0.6) is 0 Å². The van der Waals surface area contributed by atoms with Gasteiger partial charge in [-0.1, -0.05) is 0 Å². The van der Waals surface area contributed by atoms with Crippen LogP contribution in [0.3, 0.4) is 0 Å². The number of aromatic nitrogens is 5. The molecule has 0 N–H and O–H groups in total. The van der Waals surface area contributed by atoms with Gasteiger partial charge < -0.3 is 4.90 Å². The number of hydrogen-bond acceptors (Lipinski definition) is 5. The van der Waals surface area contributed by atoms with E-state index in [2.05, 4.69) is 15.2 Å². The lowest BCUT2D eigenvalue weighted by Gasteiger charge is -2.28. The SMILES string of the molecule is Cn1cc(-c2cnc3c(-c4csc(C(=O)N5CCCC(F)C5)c4)cnn3c2)cn1. The molecular weight excluding hydrogens is 391 g/mol. The molecule has 1 amide bonds. The number of piperidine rings is 1. The van der Waals surface area contributed by atoms with E-state index in [1.807, 2.05) is 30.9 Å². The van der Waals surface area contributed by atoms with Gasteiger partial charge in [0.25, 0.3) is 5.91 Å². The Labute approximate surface area is 170 Å². The number of thiophene rings is 1. The Morgan fingerprint density at radius 1 is 1.17 bits per heavy atom. The lowest BCUT2D eigenvalue weighted by molar-refractivity contribution is 0.0641. The maximum atomic E-state index is 13.7. The fourth-order valence-corrected chi connectivity index (χ4v) is 4.53. The van der Waals surface area contributed by atoms with E-state index in [1.165, 1.54) is 11.3 Å². The second kappa shape index (κ2) is 7.07. The van der Waals surface area contributed by atoms with Gasteiger partial charge in [0, 0.05) is 48.9 Å². The molecule has 5 heterocycles. The summed E-state index contributed by atoms with van der Waals surface area (Å²) in [6.45, 7) is 0.795. The van der Waals surface area contributed by atoms with Gasteiger partial charge in [-0.25, -0.2) is 13.9 Å². The summed E-state index contributed by atoms with van der Waals surface area (Å²) in [5.41, 5.74) is 4.36. The molecular formula is C20H19FN6OS. The van der Waals surface area contributed by atoms with Crippen molar-refractivity contribution in [3.8, 4) is 22.3 Å². The molecule has 1 aliphatic heterocycles. The van der Waals surface area contributed by atoms with Crippen molar-refractivity contribution in [2.24, 2.45) is 7.05 Å². The minimum absolute atomic E-state index is 0.105. The highest BCUT2D eigenvalue weighted by atomic mass is 32.1. The molecule has 0 bridgehead atoms. The summed E-state index contributed by atoms with van der Waals surface area (Å²) in [4.78, 5) is 19.5. The zero-order chi connectivity index (χ0) is 20.0. The molecule has 0 saturated carbocycles. The smallest absolute Gasteiger partial charge is 0.264 e. The van der Waals surface area contributed by atoms with Crippen LogP contribution in [0.1, 0.15) is 22.5 Å². The van der Waals surface area contributed by atoms with Crippen LogP contribution in [0.2, 0.25) is 0 Å². The predicted octanol–water partition coefficient (Wildman–Crippen LogP) is 3.43. The number of hydrogen-bond donors (Lipinski definition) is 0. The highest BCUT2D eigenvalue weighted by Crippen LogP contribution is 2.30. The van der Waals surface area contributed by atoms with Gasteiger partial charge >= 0.3 is 0 Å². The molecule has 1 aliphatic rings. The van der Waals surface area contributed by atoms with Crippen LogP contribution in [0.4, 0.5) is 4.39 Å². The minimum Gasteiger partial charge on any atom is -0.335 e. The molecule has 0 radical (unpaired) electrons. The molecule has 0 aliphatic carbocycles. The third-order valence-electron chi connectivity index (χ3n) is 5.17. The lowest BCUT2D eigenvalue weighted by atomic mass is 10.1. The van der Waals surface area contributed by atoms with E-state index in [9.17, 15) is 9.18 Å². The largest absolute Gasteiger partial charge is 0.335 e. The van der Waals surface area contributed by atoms with Crippen molar-refractivity contribution in [1.82, 2.24) is 29.3 Å². The summed E-state index contributed by atoms with van der Waals surface area (Å²) in [6, 6.07) is 1.85. The number of fused-ring (bicyclic) bond motifs is 1. The van der Waals surface area contributed by atoms with Crippen LogP contribution in [0, 0.1) is 0 Å². The van der Waals surface area contributed by atoms with E-state index in [1.54, 1.807) is 32.7 Å². The number of halogens is 1. The Kier molecular flexibility index (Phi) is 4.39. The molecule has 29 heavy (non-hydrogen) atoms. The number of carbonyl (C=O) groups is 1. The molecule has 4 aromatic rings. The zero-order valence-corrected chi connectivity index (χ0v) is 16.6. The molecule has 0 aromatic carbocycles. The van der Waals surface area contributed by atoms with Crippen LogP contribution in [-0.4, -0.2) is 54.4 Å². The van der Waals surface area contributed by atoms with E-state index in [0.29, 0.717) is 24.3 Å². The van der Waals surface area contributed by atoms with Crippen LogP contribution in [0.15, 0.2) is 42.4 Å². The number of alkyl halides is 1. The highest BCUT2D eigenvalue weighted by molar-refractivity contribution is 7.12. The normalized spacial score (nSPS) is 17.2. The average Bonchev–Trinajstić information content (AvgIpc) is 3.45. The third-order valence-corrected chi connectivity index (χ3v) is 6.09. The maximum Gasteiger partial charge on any atom is 0.264 e. The van der Waals surface area contributed by atoms with Gasteiger partial charge in [-0.3, -0.25) is 9.48 Å². The predicted molar refractivity (Wildman–Crippen MR) is 109 cm³/mol. The Bertz CT molecular complexity index is 1190. The standard InChI is InChI=1S/C20H19FN6OS/c1-25-9-15(7-23-25)14-6-22-19-17(8-24-27(19)10-14)13-5-18(29-12-13)20(28)26-4-2-3-16(21)11-26/h5-10,12,16H,2-4,11H2,1H3. The first-order valence-corrected chi connectivity index (χ1v) is 10.3. The fourth-order valence-electron chi connectivity index (χ4n) is 3.65. The van der Waals surface area contributed by atoms with E-state index in [0.717, 1.165) is 27.9 Å². The number of carbonyl (C=O) groups excluding carboxylic acids is 1. The van der Waals surface area contributed by atoms with Gasteiger partial charge in [-0.15, -0.1) is 11.3 Å². The summed E-state index contributed by atoms with van der Waals surface area (Å²) in [6.07, 6.45) is 9.49. The fraction of sp³-hybridized carbons (Fsp3) is 0.300. The van der Waals surface area contributed by atoms with Gasteiger partial charge in [-0.05, 0) is 29.9 Å². The van der Waals surface area contributed by atoms with Crippen molar-refractivity contribution in [3.63, 3.8) is 0 Å². The first kappa shape index (κ1) is 18.0. The third kappa shape index (κ3) is 3.31. The Morgan fingerprint density at radius 3 is 2.83 bits per heavy atom. The molecule has 1 fully saturated rings. The molecule has 9 heteroatoms. The van der Waals surface area contributed by atoms with E-state index >= 15 is 0 Å². The topological polar surface area (TPSA) is 68.3 Å². The van der Waals surface area contributed by atoms with E-state index < -0.39 is 6.17 Å². The Hall–Kier alpha value is -3.07. The van der Waals surface area contributed by atoms with E-state index in [-0.39, 0.29) is 12.5 Å². The number of nitrogens with zero attached hydrogens (tertiary/aromatic N) is 6. The van der Waals surface area contributed by atoms with Crippen molar-refractivity contribution >= 4 is 22.9 Å². The van der Waals surface area contributed by atoms with Gasteiger partial charge in [-0.2, -0.15) is 10.2 Å². The number of aryl methyl sites for hydroxylation is 1. The van der Waals surface area contributed by atoms with Crippen LogP contribution in [0.25, 0.3) is 27.9 Å². The van der Waals surface area contributed by atoms with Gasteiger partial charge in [0.05, 0.1) is 23.8 Å². The molecule has 1 unspecified atom stereocenters. The molecule has 4 aromatic heterocycles. The first-order valence-electron chi connectivity index (χ1n) is 9.43. The molecule has 5 rings (SSSR count). The molecule has 148 valence electrons. The second-order valence-electron chi connectivity index (χ2n) is 7.26. The van der Waals surface area contributed by atoms with Crippen molar-refractivity contribution < 1.29 is 9.18 Å². The van der Waals surface area contributed by atoms with Crippen molar-refractivity contribution in [3.05, 3.63) is 47.3 Å². The Morgan fingerprint density at radius 2 is 2.03 bits per heavy atom. The number of likely N-dealkylation sites (tertiary alicyclic amines) is 1. The van der Waals surface area contributed by atoms with Gasteiger partial charge in [0.15, 0.2) is 5.65 Å². The number of amides is 1. The summed E-state index contributed by atoms with van der Waals surface area (Å²) in [7, 11) is 1.87. The van der Waals surface area contributed by atoms with Gasteiger partial charge in [0.2, 0.25) is 0 Å². The second-order valence-corrected chi connectivity index (χ2v) is 8.17. The first-order chi connectivity index (χ1) is 14.1.